The van der Waals surface area contributed by atoms with Crippen LogP contribution in [0.25, 0.3) is 10.4 Å². The molecule has 1 amide bonds. The molecule has 0 radical (unpaired) electrons. The lowest BCUT2D eigenvalue weighted by molar-refractivity contribution is -0.140. The first-order chi connectivity index (χ1) is 11.7. The van der Waals surface area contributed by atoms with Gasteiger partial charge in [-0.15, -0.1) is 0 Å². The number of nitrogens with two attached hydrogens (primary N) is 2. The van der Waals surface area contributed by atoms with Crippen molar-refractivity contribution in [2.75, 3.05) is 6.61 Å². The zero-order chi connectivity index (χ0) is 19.1. The minimum atomic E-state index is -1.58. The third-order valence-corrected chi connectivity index (χ3v) is 3.29. The Kier molecular flexibility index (Phi) is 6.99. The number of carboxylic acid groups (broad SMARTS) is 1. The van der Waals surface area contributed by atoms with Crippen molar-refractivity contribution in [1.82, 2.24) is 5.32 Å². The molecule has 13 heteroatoms. The average Bonchev–Trinajstić information content (AvgIpc) is 2.52. The fourth-order valence-electron chi connectivity index (χ4n) is 2.34. The second kappa shape index (κ2) is 8.73. The Labute approximate surface area is 141 Å². The minimum Gasteiger partial charge on any atom is -0.481 e. The monoisotopic (exact) mass is 357 g/mol. The van der Waals surface area contributed by atoms with E-state index in [4.69, 9.17) is 26.8 Å². The largest absolute Gasteiger partial charge is 0.481 e. The number of rotatable bonds is 7. The van der Waals surface area contributed by atoms with Crippen molar-refractivity contribution in [3.63, 3.8) is 0 Å². The Morgan fingerprint density at radius 2 is 2.16 bits per heavy atom. The summed E-state index contributed by atoms with van der Waals surface area (Å²) in [6.45, 7) is 0.389. The number of aliphatic carboxylic acids is 1. The third-order valence-electron chi connectivity index (χ3n) is 3.29. The van der Waals surface area contributed by atoms with Gasteiger partial charge < -0.3 is 36.8 Å². The molecule has 0 unspecified atom stereocenters. The fraction of sp³-hybridized carbons (Fsp3) is 0.583. The number of amides is 1. The molecule has 0 saturated heterocycles. The summed E-state index contributed by atoms with van der Waals surface area (Å²) >= 11 is 0. The second-order valence-corrected chi connectivity index (χ2v) is 5.13. The summed E-state index contributed by atoms with van der Waals surface area (Å²) in [4.78, 5) is 29.2. The van der Waals surface area contributed by atoms with Crippen LogP contribution in [-0.2, 0) is 14.3 Å². The molecule has 0 aromatic carbocycles. The topological polar surface area (TPSA) is 229 Å². The first-order valence-electron chi connectivity index (χ1n) is 7.02. The normalized spacial score (nSPS) is 24.6. The number of carbonyl (C=O) groups is 2. The van der Waals surface area contributed by atoms with Gasteiger partial charge in [-0.1, -0.05) is 5.11 Å². The standard InChI is InChI=1S/C12H19N7O6/c1-4(21)16-8-5(17-12(13)14)2-7(11(23)24)25-10(8)9(18-19-15)6(22)3-20/h2,5-6,8-10,20,22H,3H2,1H3,(H,16,21)(H,23,24)(H4,13,14,17)/t5-,6-,8+,9-,10+/m0/s1. The van der Waals surface area contributed by atoms with Gasteiger partial charge in [0.05, 0.1) is 24.8 Å². The van der Waals surface area contributed by atoms with E-state index in [9.17, 15) is 19.8 Å². The molecule has 0 aromatic heterocycles. The predicted molar refractivity (Wildman–Crippen MR) is 83.8 cm³/mol. The Bertz CT molecular complexity index is 625. The number of aliphatic hydroxyl groups excluding tert-OH is 2. The van der Waals surface area contributed by atoms with Crippen molar-refractivity contribution in [2.45, 2.75) is 37.3 Å². The number of hydrogen-bond acceptors (Lipinski definition) is 7. The lowest BCUT2D eigenvalue weighted by atomic mass is 9.91. The Morgan fingerprint density at radius 3 is 2.60 bits per heavy atom. The lowest BCUT2D eigenvalue weighted by Crippen LogP contribution is -2.59. The highest BCUT2D eigenvalue weighted by molar-refractivity contribution is 5.85. The molecule has 0 spiro atoms. The van der Waals surface area contributed by atoms with E-state index < -0.39 is 54.6 Å². The smallest absolute Gasteiger partial charge is 0.370 e. The summed E-state index contributed by atoms with van der Waals surface area (Å²) in [5.74, 6) is -2.94. The van der Waals surface area contributed by atoms with E-state index in [1.165, 1.54) is 6.92 Å². The summed E-state index contributed by atoms with van der Waals surface area (Å²) in [6, 6.07) is -3.56. The zero-order valence-corrected chi connectivity index (χ0v) is 13.2. The molecule has 1 aliphatic heterocycles. The van der Waals surface area contributed by atoms with E-state index in [1.54, 1.807) is 0 Å². The van der Waals surface area contributed by atoms with Crippen molar-refractivity contribution >= 4 is 17.8 Å². The first-order valence-corrected chi connectivity index (χ1v) is 7.02. The summed E-state index contributed by atoms with van der Waals surface area (Å²) in [6.07, 6.45) is -1.87. The molecule has 0 aromatic rings. The number of nitrogens with one attached hydrogen (secondary N) is 1. The van der Waals surface area contributed by atoms with Crippen LogP contribution in [0.15, 0.2) is 21.9 Å². The molecule has 13 nitrogen and oxygen atoms in total. The molecule has 1 aliphatic rings. The maximum Gasteiger partial charge on any atom is 0.370 e. The van der Waals surface area contributed by atoms with E-state index >= 15 is 0 Å². The molecule has 5 atom stereocenters. The molecular formula is C12H19N7O6. The number of carboxylic acids is 1. The van der Waals surface area contributed by atoms with Gasteiger partial charge in [-0.3, -0.25) is 4.79 Å². The molecular weight excluding hydrogens is 338 g/mol. The van der Waals surface area contributed by atoms with Crippen LogP contribution in [0.2, 0.25) is 0 Å². The highest BCUT2D eigenvalue weighted by Gasteiger charge is 2.44. The Balaban J connectivity index is 3.44. The number of carbonyl (C=O) groups excluding carboxylic acids is 1. The Morgan fingerprint density at radius 1 is 1.52 bits per heavy atom. The van der Waals surface area contributed by atoms with Crippen LogP contribution in [0.5, 0.6) is 0 Å². The van der Waals surface area contributed by atoms with Crippen molar-refractivity contribution < 1.29 is 29.6 Å². The van der Waals surface area contributed by atoms with Crippen LogP contribution in [-0.4, -0.2) is 70.1 Å². The Hall–Kier alpha value is -3.02. The molecule has 0 fully saturated rings. The van der Waals surface area contributed by atoms with Gasteiger partial charge in [-0.2, -0.15) is 0 Å². The van der Waals surface area contributed by atoms with E-state index in [1.807, 2.05) is 0 Å². The molecule has 0 bridgehead atoms. The predicted octanol–water partition coefficient (Wildman–Crippen LogP) is -2.47. The summed E-state index contributed by atoms with van der Waals surface area (Å²) in [5, 5.41) is 34.0. The lowest BCUT2D eigenvalue weighted by Gasteiger charge is -2.38. The molecule has 0 saturated carbocycles. The van der Waals surface area contributed by atoms with Crippen molar-refractivity contribution in [3.8, 4) is 0 Å². The van der Waals surface area contributed by atoms with E-state index in [0.29, 0.717) is 0 Å². The third kappa shape index (κ3) is 5.24. The SMILES string of the molecule is CC(=O)N[C@H]1[C@H]([C@@H](N=[N+]=[N-])[C@@H](O)CO)OC(C(=O)O)=C[C@@H]1N=C(N)N. The number of aliphatic imine (C=N–C) groups is 1. The van der Waals surface area contributed by atoms with Gasteiger partial charge in [-0.05, 0) is 11.6 Å². The van der Waals surface area contributed by atoms with Crippen molar-refractivity contribution in [3.05, 3.63) is 22.3 Å². The van der Waals surface area contributed by atoms with Gasteiger partial charge in [-0.25, -0.2) is 9.79 Å². The van der Waals surface area contributed by atoms with Gasteiger partial charge >= 0.3 is 5.97 Å². The molecule has 1 rings (SSSR count). The summed E-state index contributed by atoms with van der Waals surface area (Å²) in [5.41, 5.74) is 19.4. The van der Waals surface area contributed by atoms with Crippen molar-refractivity contribution in [2.24, 2.45) is 21.6 Å². The van der Waals surface area contributed by atoms with Gasteiger partial charge in [0.25, 0.3) is 0 Å². The van der Waals surface area contributed by atoms with Crippen LogP contribution >= 0.6 is 0 Å². The maximum absolute atomic E-state index is 11.5. The molecule has 1 heterocycles. The maximum atomic E-state index is 11.5. The van der Waals surface area contributed by atoms with Gasteiger partial charge in [0.1, 0.15) is 12.1 Å². The van der Waals surface area contributed by atoms with Crippen LogP contribution in [0.1, 0.15) is 6.92 Å². The number of azide groups is 1. The first kappa shape index (κ1) is 20.0. The number of nitrogens with zero attached hydrogens (tertiary/aromatic N) is 4. The van der Waals surface area contributed by atoms with Crippen LogP contribution in [0, 0.1) is 0 Å². The van der Waals surface area contributed by atoms with Gasteiger partial charge in [0.15, 0.2) is 5.96 Å². The van der Waals surface area contributed by atoms with Crippen LogP contribution < -0.4 is 16.8 Å². The average molecular weight is 357 g/mol. The number of hydrogen-bond donors (Lipinski definition) is 6. The number of guanidine groups is 1. The molecule has 25 heavy (non-hydrogen) atoms. The fourth-order valence-corrected chi connectivity index (χ4v) is 2.34. The second-order valence-electron chi connectivity index (χ2n) is 5.13. The van der Waals surface area contributed by atoms with E-state index in [2.05, 4.69) is 20.3 Å². The highest BCUT2D eigenvalue weighted by Crippen LogP contribution is 2.26. The molecule has 138 valence electrons. The summed E-state index contributed by atoms with van der Waals surface area (Å²) in [7, 11) is 0. The van der Waals surface area contributed by atoms with Gasteiger partial charge in [0, 0.05) is 11.8 Å². The van der Waals surface area contributed by atoms with E-state index in [-0.39, 0.29) is 5.96 Å². The highest BCUT2D eigenvalue weighted by atomic mass is 16.5. The van der Waals surface area contributed by atoms with Gasteiger partial charge in [0.2, 0.25) is 11.7 Å². The minimum absolute atomic E-state index is 0.384. The zero-order valence-electron chi connectivity index (χ0n) is 13.2. The molecule has 8 N–H and O–H groups in total. The molecule has 0 aliphatic carbocycles. The number of ether oxygens (including phenoxy) is 1. The van der Waals surface area contributed by atoms with Crippen molar-refractivity contribution in [1.29, 1.82) is 0 Å². The van der Waals surface area contributed by atoms with Crippen LogP contribution in [0.4, 0.5) is 0 Å². The summed E-state index contributed by atoms with van der Waals surface area (Å²) < 4.78 is 5.27. The number of aliphatic hydroxyl groups is 2. The van der Waals surface area contributed by atoms with E-state index in [0.717, 1.165) is 6.08 Å². The quantitative estimate of drug-likeness (QED) is 0.0937. The van der Waals surface area contributed by atoms with Crippen LogP contribution in [0.3, 0.4) is 0 Å².